The number of para-hydroxylation sites is 2. The number of phenols is 1. The molecule has 0 saturated heterocycles. The number of benzene rings is 5. The van der Waals surface area contributed by atoms with E-state index in [0.717, 1.165) is 36.4 Å². The highest BCUT2D eigenvalue weighted by molar-refractivity contribution is 7.22. The Morgan fingerprint density at radius 1 is 0.667 bits per heavy atom. The smallest absolute Gasteiger partial charge is 0.259 e. The van der Waals surface area contributed by atoms with Crippen LogP contribution < -0.4 is 5.32 Å². The second-order valence-electron chi connectivity index (χ2n) is 9.74. The second-order valence-corrected chi connectivity index (χ2v) is 11.8. The normalized spacial score (nSPS) is 13.0. The molecule has 2 amide bonds. The Bertz CT molecular complexity index is 2240. The highest BCUT2D eigenvalue weighted by Gasteiger charge is 2.26. The third-order valence-electron chi connectivity index (χ3n) is 7.14. The molecule has 2 N–H and O–H groups in total. The molecule has 7 aromatic rings. The summed E-state index contributed by atoms with van der Waals surface area (Å²) in [6, 6.07) is 28.3. The lowest BCUT2D eigenvalue weighted by molar-refractivity contribution is 0.0879. The molecule has 8 rings (SSSR count). The van der Waals surface area contributed by atoms with Gasteiger partial charge >= 0.3 is 0 Å². The highest BCUT2D eigenvalue weighted by Crippen LogP contribution is 2.46. The molecule has 0 radical (unpaired) electrons. The number of aromatic hydroxyl groups is 1. The Morgan fingerprint density at radius 3 is 2.12 bits per heavy atom. The van der Waals surface area contributed by atoms with Gasteiger partial charge in [0, 0.05) is 10.9 Å². The van der Waals surface area contributed by atoms with Crippen LogP contribution in [0.3, 0.4) is 0 Å². The zero-order valence-electron chi connectivity index (χ0n) is 21.5. The van der Waals surface area contributed by atoms with Crippen molar-refractivity contribution in [2.75, 3.05) is 0 Å². The number of hydrogen-bond acceptors (Lipinski definition) is 9. The summed E-state index contributed by atoms with van der Waals surface area (Å²) in [5.74, 6) is -0.956. The molecule has 0 bridgehead atoms. The van der Waals surface area contributed by atoms with E-state index in [1.165, 1.54) is 17.4 Å². The van der Waals surface area contributed by atoms with E-state index in [0.29, 0.717) is 27.2 Å². The first-order chi connectivity index (χ1) is 20.5. The Balaban J connectivity index is 1.30. The molecule has 0 spiro atoms. The number of carbonyl (C=O) groups is 2. The van der Waals surface area contributed by atoms with E-state index in [1.54, 1.807) is 23.5 Å². The number of azo groups is 1. The number of carbonyl (C=O) groups excluding carboxylic acids is 2. The van der Waals surface area contributed by atoms with E-state index in [-0.39, 0.29) is 17.0 Å². The minimum Gasteiger partial charge on any atom is -0.505 e. The van der Waals surface area contributed by atoms with Gasteiger partial charge in [-0.05, 0) is 60.0 Å². The van der Waals surface area contributed by atoms with Gasteiger partial charge < -0.3 is 5.11 Å². The number of fused-ring (bicyclic) bond motifs is 4. The van der Waals surface area contributed by atoms with Gasteiger partial charge in [0.2, 0.25) is 0 Å². The predicted molar refractivity (Wildman–Crippen MR) is 165 cm³/mol. The second kappa shape index (κ2) is 9.37. The number of amides is 2. The molecule has 0 saturated carbocycles. The summed E-state index contributed by atoms with van der Waals surface area (Å²) in [5, 5.41) is 25.7. The molecular formula is C32H17N5O3S2. The van der Waals surface area contributed by atoms with Crippen molar-refractivity contribution in [3.05, 3.63) is 102 Å². The van der Waals surface area contributed by atoms with Gasteiger partial charge in [-0.15, -0.1) is 27.8 Å². The molecule has 200 valence electrons. The van der Waals surface area contributed by atoms with Crippen molar-refractivity contribution in [1.29, 1.82) is 0 Å². The van der Waals surface area contributed by atoms with E-state index in [9.17, 15) is 14.7 Å². The monoisotopic (exact) mass is 583 g/mol. The zero-order valence-corrected chi connectivity index (χ0v) is 23.2. The summed E-state index contributed by atoms with van der Waals surface area (Å²) in [6.45, 7) is 0. The first-order valence-electron chi connectivity index (χ1n) is 12.9. The van der Waals surface area contributed by atoms with Crippen molar-refractivity contribution in [2.45, 2.75) is 0 Å². The molecule has 0 unspecified atom stereocenters. The number of rotatable bonds is 4. The zero-order chi connectivity index (χ0) is 28.4. The molecule has 42 heavy (non-hydrogen) atoms. The number of phenolic OH excluding ortho intramolecular Hbond substituents is 1. The van der Waals surface area contributed by atoms with Crippen LogP contribution in [0, 0.1) is 0 Å². The Hall–Kier alpha value is -5.32. The lowest BCUT2D eigenvalue weighted by Crippen LogP contribution is -2.19. The molecular weight excluding hydrogens is 567 g/mol. The van der Waals surface area contributed by atoms with Crippen molar-refractivity contribution in [3.63, 3.8) is 0 Å². The number of imide groups is 1. The lowest BCUT2D eigenvalue weighted by Gasteiger charge is -2.10. The van der Waals surface area contributed by atoms with Gasteiger partial charge in [-0.25, -0.2) is 9.97 Å². The largest absolute Gasteiger partial charge is 0.505 e. The number of aromatic nitrogens is 2. The first-order valence-corrected chi connectivity index (χ1v) is 14.6. The molecule has 3 heterocycles. The quantitative estimate of drug-likeness (QED) is 0.159. The van der Waals surface area contributed by atoms with Crippen LogP contribution in [-0.2, 0) is 0 Å². The molecule has 0 aliphatic carbocycles. The fourth-order valence-corrected chi connectivity index (χ4v) is 7.03. The lowest BCUT2D eigenvalue weighted by atomic mass is 10.0. The summed E-state index contributed by atoms with van der Waals surface area (Å²) in [5.41, 5.74) is 4.47. The van der Waals surface area contributed by atoms with Crippen molar-refractivity contribution in [2.24, 2.45) is 10.2 Å². The molecule has 0 fully saturated rings. The third kappa shape index (κ3) is 3.96. The average Bonchev–Trinajstić information content (AvgIpc) is 3.71. The molecule has 10 heteroatoms. The molecule has 1 aliphatic rings. The minimum atomic E-state index is -0.472. The van der Waals surface area contributed by atoms with Crippen LogP contribution in [-0.4, -0.2) is 26.9 Å². The van der Waals surface area contributed by atoms with E-state index < -0.39 is 11.8 Å². The van der Waals surface area contributed by atoms with Crippen LogP contribution in [0.25, 0.3) is 52.3 Å². The van der Waals surface area contributed by atoms with Crippen molar-refractivity contribution >= 4 is 77.1 Å². The van der Waals surface area contributed by atoms with E-state index >= 15 is 0 Å². The molecule has 0 atom stereocenters. The van der Waals surface area contributed by atoms with Gasteiger partial charge in [0.25, 0.3) is 11.8 Å². The van der Waals surface area contributed by atoms with Gasteiger partial charge in [0.1, 0.15) is 15.7 Å². The number of hydrogen-bond donors (Lipinski definition) is 2. The minimum absolute atomic E-state index is 0.0490. The molecule has 1 aliphatic heterocycles. The van der Waals surface area contributed by atoms with Crippen LogP contribution in [0.15, 0.2) is 101 Å². The average molecular weight is 584 g/mol. The fraction of sp³-hybridized carbons (Fsp3) is 0. The number of nitrogens with zero attached hydrogens (tertiary/aromatic N) is 4. The maximum Gasteiger partial charge on any atom is 0.259 e. The van der Waals surface area contributed by atoms with Crippen LogP contribution >= 0.6 is 22.7 Å². The van der Waals surface area contributed by atoms with Crippen molar-refractivity contribution in [1.82, 2.24) is 15.3 Å². The number of thiazole rings is 2. The Labute approximate surface area is 245 Å². The van der Waals surface area contributed by atoms with Gasteiger partial charge in [-0.1, -0.05) is 36.4 Å². The summed E-state index contributed by atoms with van der Waals surface area (Å²) < 4.78 is 2.11. The van der Waals surface area contributed by atoms with E-state index in [4.69, 9.17) is 9.97 Å². The molecule has 8 nitrogen and oxygen atoms in total. The Kier molecular flexibility index (Phi) is 5.46. The fourth-order valence-electron chi connectivity index (χ4n) is 5.08. The maximum absolute atomic E-state index is 12.2. The van der Waals surface area contributed by atoms with Crippen LogP contribution in [0.5, 0.6) is 5.75 Å². The summed E-state index contributed by atoms with van der Waals surface area (Å²) >= 11 is 3.10. The summed E-state index contributed by atoms with van der Waals surface area (Å²) in [4.78, 5) is 33.7. The topological polar surface area (TPSA) is 117 Å². The van der Waals surface area contributed by atoms with Gasteiger partial charge in [0.05, 0.1) is 42.8 Å². The third-order valence-corrected chi connectivity index (χ3v) is 9.29. The van der Waals surface area contributed by atoms with E-state index in [1.807, 2.05) is 66.7 Å². The van der Waals surface area contributed by atoms with Gasteiger partial charge in [-0.3, -0.25) is 14.9 Å². The first kappa shape index (κ1) is 24.5. The highest BCUT2D eigenvalue weighted by atomic mass is 32.1. The van der Waals surface area contributed by atoms with Gasteiger partial charge in [0.15, 0.2) is 5.75 Å². The standard InChI is InChI=1S/C32H17N5O3S2/c38-28-22(32-34-24-6-2-4-8-26(24)42-32)14-17-13-16(31-33-23-5-1-3-7-25(23)41-31)9-11-19(17)27(28)37-36-18-10-12-20-21(15-18)30(40)35-29(20)39/h1-15,38H,(H,35,39,40). The summed E-state index contributed by atoms with van der Waals surface area (Å²) in [6.07, 6.45) is 0. The van der Waals surface area contributed by atoms with E-state index in [2.05, 4.69) is 21.6 Å². The van der Waals surface area contributed by atoms with Crippen LogP contribution in [0.1, 0.15) is 20.7 Å². The van der Waals surface area contributed by atoms with Gasteiger partial charge in [-0.2, -0.15) is 5.11 Å². The summed E-state index contributed by atoms with van der Waals surface area (Å²) in [7, 11) is 0. The predicted octanol–water partition coefficient (Wildman–Crippen LogP) is 8.40. The SMILES string of the molecule is O=C1NC(=O)c2cc(N=Nc3c(O)c(-c4nc5ccccc5s4)cc4cc(-c5nc6ccccc6s5)ccc34)ccc21. The van der Waals surface area contributed by atoms with Crippen molar-refractivity contribution in [3.8, 4) is 26.9 Å². The molecule has 2 aromatic heterocycles. The molecule has 5 aromatic carbocycles. The van der Waals surface area contributed by atoms with Crippen LogP contribution in [0.4, 0.5) is 11.4 Å². The maximum atomic E-state index is 12.2. The number of nitrogens with one attached hydrogen (secondary N) is 1. The Morgan fingerprint density at radius 2 is 1.36 bits per heavy atom. The van der Waals surface area contributed by atoms with Crippen LogP contribution in [0.2, 0.25) is 0 Å². The van der Waals surface area contributed by atoms with Crippen molar-refractivity contribution < 1.29 is 14.7 Å².